The van der Waals surface area contributed by atoms with Crippen LogP contribution in [0.15, 0.2) is 0 Å². The van der Waals surface area contributed by atoms with Gasteiger partial charge in [0.05, 0.1) is 0 Å². The van der Waals surface area contributed by atoms with Crippen LogP contribution in [0.25, 0.3) is 0 Å². The first-order valence-corrected chi connectivity index (χ1v) is 17.9. The van der Waals surface area contributed by atoms with Gasteiger partial charge in [0.25, 0.3) is 0 Å². The van der Waals surface area contributed by atoms with E-state index in [9.17, 15) is 14.4 Å². The largest absolute Gasteiger partial charge is 0.369 e. The highest BCUT2D eigenvalue weighted by atomic mass is 16.2. The molecule has 4 heteroatoms. The average Bonchev–Trinajstić information content (AvgIpc) is 2.94. The molecule has 0 aliphatic carbocycles. The first-order valence-electron chi connectivity index (χ1n) is 17.9. The molecule has 1 atom stereocenters. The van der Waals surface area contributed by atoms with Gasteiger partial charge in [0, 0.05) is 6.42 Å². The second-order valence-electron chi connectivity index (χ2n) is 12.5. The highest BCUT2D eigenvalue weighted by Crippen LogP contribution is 2.18. The van der Waals surface area contributed by atoms with Crippen molar-refractivity contribution < 1.29 is 14.4 Å². The number of carbonyl (C=O) groups excluding carboxylic acids is 3. The Morgan fingerprint density at radius 1 is 0.425 bits per heavy atom. The van der Waals surface area contributed by atoms with Crippen molar-refractivity contribution in [3.63, 3.8) is 0 Å². The third kappa shape index (κ3) is 25.8. The van der Waals surface area contributed by atoms with Crippen LogP contribution in [0.1, 0.15) is 206 Å². The van der Waals surface area contributed by atoms with Crippen LogP contribution in [0.3, 0.4) is 0 Å². The summed E-state index contributed by atoms with van der Waals surface area (Å²) in [6.07, 6.45) is 36.0. The van der Waals surface area contributed by atoms with Crippen LogP contribution in [0, 0.1) is 5.92 Å². The Balaban J connectivity index is 3.68. The van der Waals surface area contributed by atoms with Gasteiger partial charge in [-0.1, -0.05) is 187 Å². The summed E-state index contributed by atoms with van der Waals surface area (Å²) in [4.78, 5) is 36.8. The Morgan fingerprint density at radius 3 is 1.00 bits per heavy atom. The summed E-state index contributed by atoms with van der Waals surface area (Å²) in [5.41, 5.74) is 5.50. The van der Waals surface area contributed by atoms with Gasteiger partial charge in [0.15, 0.2) is 5.78 Å². The summed E-state index contributed by atoms with van der Waals surface area (Å²) in [7, 11) is 0. The molecule has 236 valence electrons. The van der Waals surface area contributed by atoms with Crippen molar-refractivity contribution in [2.24, 2.45) is 11.7 Å². The molecule has 1 amide bonds. The lowest BCUT2D eigenvalue weighted by Gasteiger charge is -2.11. The van der Waals surface area contributed by atoms with Crippen LogP contribution in [-0.4, -0.2) is 17.5 Å². The van der Waals surface area contributed by atoms with Crippen LogP contribution in [0.2, 0.25) is 0 Å². The standard InChI is InChI=1S/C36H69NO3/c1-3-5-7-9-11-13-15-17-19-21-23-25-27-29-31-33(36(37)40)35(39)34(38)32-30-28-26-24-22-20-18-16-14-12-10-8-6-4-2/h33H,3-32H2,1-2H3,(H2,37,40). The number of Topliss-reactive ketones (excluding diaryl/α,β-unsaturated/α-hetero) is 2. The van der Waals surface area contributed by atoms with E-state index in [2.05, 4.69) is 13.8 Å². The van der Waals surface area contributed by atoms with Gasteiger partial charge in [-0.2, -0.15) is 0 Å². The molecule has 0 saturated carbocycles. The molecule has 40 heavy (non-hydrogen) atoms. The molecule has 0 radical (unpaired) electrons. The highest BCUT2D eigenvalue weighted by molar-refractivity contribution is 6.41. The van der Waals surface area contributed by atoms with Gasteiger partial charge >= 0.3 is 0 Å². The van der Waals surface area contributed by atoms with Crippen molar-refractivity contribution in [1.82, 2.24) is 0 Å². The van der Waals surface area contributed by atoms with E-state index in [0.29, 0.717) is 6.42 Å². The molecule has 0 rings (SSSR count). The van der Waals surface area contributed by atoms with E-state index in [1.807, 2.05) is 0 Å². The molecule has 0 aliphatic heterocycles. The van der Waals surface area contributed by atoms with Gasteiger partial charge in [0.2, 0.25) is 11.7 Å². The SMILES string of the molecule is CCCCCCCCCCCCCCCCC(=O)C(=O)C(CCCCCCCCCCCCCCCC)C(N)=O. The quantitative estimate of drug-likeness (QED) is 0.0490. The molecule has 0 fully saturated rings. The third-order valence-corrected chi connectivity index (χ3v) is 8.54. The smallest absolute Gasteiger partial charge is 0.228 e. The zero-order valence-electron chi connectivity index (χ0n) is 27.1. The zero-order chi connectivity index (χ0) is 29.5. The number of ketones is 2. The fraction of sp³-hybridized carbons (Fsp3) is 0.917. The minimum atomic E-state index is -0.920. The summed E-state index contributed by atoms with van der Waals surface area (Å²) in [5, 5.41) is 0. The van der Waals surface area contributed by atoms with E-state index in [1.54, 1.807) is 0 Å². The number of amides is 1. The van der Waals surface area contributed by atoms with Crippen molar-refractivity contribution in [1.29, 1.82) is 0 Å². The van der Waals surface area contributed by atoms with E-state index < -0.39 is 23.4 Å². The van der Waals surface area contributed by atoms with Crippen LogP contribution < -0.4 is 5.73 Å². The average molecular weight is 564 g/mol. The normalized spacial score (nSPS) is 12.1. The number of carbonyl (C=O) groups is 3. The molecule has 0 aromatic heterocycles. The van der Waals surface area contributed by atoms with Gasteiger partial charge in [-0.05, 0) is 12.8 Å². The van der Waals surface area contributed by atoms with Crippen molar-refractivity contribution in [3.05, 3.63) is 0 Å². The summed E-state index contributed by atoms with van der Waals surface area (Å²) >= 11 is 0. The summed E-state index contributed by atoms with van der Waals surface area (Å²) in [6.45, 7) is 4.53. The van der Waals surface area contributed by atoms with Crippen molar-refractivity contribution >= 4 is 17.5 Å². The Labute approximate surface area is 249 Å². The predicted molar refractivity (Wildman–Crippen MR) is 173 cm³/mol. The second-order valence-corrected chi connectivity index (χ2v) is 12.5. The van der Waals surface area contributed by atoms with E-state index in [1.165, 1.54) is 141 Å². The lowest BCUT2D eigenvalue weighted by Crippen LogP contribution is -2.34. The molecule has 0 aromatic carbocycles. The van der Waals surface area contributed by atoms with E-state index in [-0.39, 0.29) is 6.42 Å². The molecule has 4 nitrogen and oxygen atoms in total. The van der Waals surface area contributed by atoms with Crippen LogP contribution >= 0.6 is 0 Å². The molecule has 0 heterocycles. The Bertz CT molecular complexity index is 589. The topological polar surface area (TPSA) is 77.2 Å². The van der Waals surface area contributed by atoms with E-state index in [0.717, 1.165) is 38.5 Å². The maximum absolute atomic E-state index is 12.6. The van der Waals surface area contributed by atoms with Crippen LogP contribution in [-0.2, 0) is 14.4 Å². The molecule has 0 spiro atoms. The van der Waals surface area contributed by atoms with Gasteiger partial charge in [0.1, 0.15) is 5.92 Å². The number of primary amides is 1. The van der Waals surface area contributed by atoms with Gasteiger partial charge in [-0.25, -0.2) is 0 Å². The molecule has 0 saturated heterocycles. The Morgan fingerprint density at radius 2 is 0.700 bits per heavy atom. The van der Waals surface area contributed by atoms with Crippen molar-refractivity contribution in [2.75, 3.05) is 0 Å². The molecule has 0 aromatic rings. The number of nitrogens with two attached hydrogens (primary N) is 1. The fourth-order valence-electron chi connectivity index (χ4n) is 5.74. The lowest BCUT2D eigenvalue weighted by molar-refractivity contribution is -0.142. The van der Waals surface area contributed by atoms with Gasteiger partial charge in [-0.3, -0.25) is 14.4 Å². The zero-order valence-corrected chi connectivity index (χ0v) is 27.1. The van der Waals surface area contributed by atoms with Crippen LogP contribution in [0.5, 0.6) is 0 Å². The van der Waals surface area contributed by atoms with Crippen LogP contribution in [0.4, 0.5) is 0 Å². The van der Waals surface area contributed by atoms with Crippen molar-refractivity contribution in [2.45, 2.75) is 206 Å². The first-order chi connectivity index (χ1) is 19.5. The second kappa shape index (κ2) is 30.8. The third-order valence-electron chi connectivity index (χ3n) is 8.54. The highest BCUT2D eigenvalue weighted by Gasteiger charge is 2.28. The molecule has 1 unspecified atom stereocenters. The van der Waals surface area contributed by atoms with Gasteiger partial charge in [-0.15, -0.1) is 0 Å². The first kappa shape index (κ1) is 38.8. The Hall–Kier alpha value is -1.19. The number of rotatable bonds is 33. The summed E-state index contributed by atoms with van der Waals surface area (Å²) in [6, 6.07) is 0. The fourth-order valence-corrected chi connectivity index (χ4v) is 5.74. The number of unbranched alkanes of at least 4 members (excludes halogenated alkanes) is 26. The maximum atomic E-state index is 12.6. The van der Waals surface area contributed by atoms with E-state index in [4.69, 9.17) is 5.73 Å². The molecular formula is C36H69NO3. The Kier molecular flexibility index (Phi) is 29.8. The van der Waals surface area contributed by atoms with Crippen molar-refractivity contribution in [3.8, 4) is 0 Å². The lowest BCUT2D eigenvalue weighted by atomic mass is 9.91. The molecule has 0 bridgehead atoms. The molecule has 2 N–H and O–H groups in total. The minimum Gasteiger partial charge on any atom is -0.369 e. The molecular weight excluding hydrogens is 494 g/mol. The summed E-state index contributed by atoms with van der Waals surface area (Å²) in [5.74, 6) is -2.49. The monoisotopic (exact) mass is 564 g/mol. The van der Waals surface area contributed by atoms with E-state index >= 15 is 0 Å². The number of hydrogen-bond acceptors (Lipinski definition) is 3. The predicted octanol–water partition coefficient (Wildman–Crippen LogP) is 11.0. The number of hydrogen-bond donors (Lipinski definition) is 1. The van der Waals surface area contributed by atoms with Gasteiger partial charge < -0.3 is 5.73 Å². The molecule has 0 aliphatic rings. The summed E-state index contributed by atoms with van der Waals surface area (Å²) < 4.78 is 0. The maximum Gasteiger partial charge on any atom is 0.228 e. The minimum absolute atomic E-state index is 0.263.